The van der Waals surface area contributed by atoms with Crippen molar-refractivity contribution in [1.29, 1.82) is 5.26 Å². The van der Waals surface area contributed by atoms with E-state index in [-0.39, 0.29) is 6.03 Å². The lowest BCUT2D eigenvalue weighted by Crippen LogP contribution is -2.35. The second kappa shape index (κ2) is 9.36. The molecule has 6 nitrogen and oxygen atoms in total. The molecule has 0 fully saturated rings. The van der Waals surface area contributed by atoms with Gasteiger partial charge in [0.05, 0.1) is 23.9 Å². The van der Waals surface area contributed by atoms with E-state index in [0.717, 1.165) is 53.1 Å². The average Bonchev–Trinajstić information content (AvgIpc) is 3.10. The Morgan fingerprint density at radius 3 is 2.47 bits per heavy atom. The molecule has 6 heteroatoms. The van der Waals surface area contributed by atoms with Crippen LogP contribution in [0, 0.1) is 11.3 Å². The van der Waals surface area contributed by atoms with Gasteiger partial charge in [-0.05, 0) is 50.1 Å². The Bertz CT molecular complexity index is 1080. The van der Waals surface area contributed by atoms with Gasteiger partial charge in [0.1, 0.15) is 11.8 Å². The Morgan fingerprint density at radius 2 is 1.90 bits per heavy atom. The fourth-order valence-corrected chi connectivity index (χ4v) is 3.79. The van der Waals surface area contributed by atoms with Gasteiger partial charge in [0.15, 0.2) is 0 Å². The SMILES string of the molecule is CCCN(CC)C(=O)Nc1ccc(-c2c(C#N)c3ccc(OC)cc3n2CC)cc1. The van der Waals surface area contributed by atoms with Crippen LogP contribution >= 0.6 is 0 Å². The van der Waals surface area contributed by atoms with E-state index in [1.54, 1.807) is 12.0 Å². The van der Waals surface area contributed by atoms with Crippen molar-refractivity contribution in [3.63, 3.8) is 0 Å². The number of nitriles is 1. The monoisotopic (exact) mass is 404 g/mol. The molecule has 0 unspecified atom stereocenters. The maximum atomic E-state index is 12.4. The molecule has 0 bridgehead atoms. The Kier molecular flexibility index (Phi) is 6.63. The van der Waals surface area contributed by atoms with Crippen LogP contribution in [0.1, 0.15) is 32.8 Å². The van der Waals surface area contributed by atoms with E-state index >= 15 is 0 Å². The van der Waals surface area contributed by atoms with Crippen molar-refractivity contribution in [3.8, 4) is 23.1 Å². The molecule has 156 valence electrons. The van der Waals surface area contributed by atoms with Gasteiger partial charge in [-0.1, -0.05) is 19.1 Å². The smallest absolute Gasteiger partial charge is 0.321 e. The number of hydrogen-bond donors (Lipinski definition) is 1. The molecule has 3 rings (SSSR count). The van der Waals surface area contributed by atoms with Crippen LogP contribution in [-0.2, 0) is 6.54 Å². The molecule has 0 aliphatic carbocycles. The molecule has 30 heavy (non-hydrogen) atoms. The summed E-state index contributed by atoms with van der Waals surface area (Å²) in [4.78, 5) is 14.2. The van der Waals surface area contributed by atoms with Gasteiger partial charge < -0.3 is 19.5 Å². The van der Waals surface area contributed by atoms with Gasteiger partial charge in [0.25, 0.3) is 0 Å². The quantitative estimate of drug-likeness (QED) is 0.567. The number of methoxy groups -OCH3 is 1. The number of carbonyl (C=O) groups is 1. The molecule has 1 heterocycles. The van der Waals surface area contributed by atoms with Crippen LogP contribution < -0.4 is 10.1 Å². The van der Waals surface area contributed by atoms with Crippen LogP contribution in [0.25, 0.3) is 22.2 Å². The second-order valence-electron chi connectivity index (χ2n) is 7.05. The molecule has 0 atom stereocenters. The lowest BCUT2D eigenvalue weighted by Gasteiger charge is -2.20. The third-order valence-electron chi connectivity index (χ3n) is 5.27. The summed E-state index contributed by atoms with van der Waals surface area (Å²) in [5, 5.41) is 13.7. The number of ether oxygens (including phenoxy) is 1. The zero-order valence-electron chi connectivity index (χ0n) is 18.0. The predicted octanol–water partition coefficient (Wildman–Crippen LogP) is 5.47. The number of rotatable bonds is 7. The van der Waals surface area contributed by atoms with Crippen LogP contribution in [0.4, 0.5) is 10.5 Å². The van der Waals surface area contributed by atoms with Crippen LogP contribution in [0.15, 0.2) is 42.5 Å². The molecule has 2 amide bonds. The molecule has 0 spiro atoms. The highest BCUT2D eigenvalue weighted by atomic mass is 16.5. The van der Waals surface area contributed by atoms with Crippen molar-refractivity contribution >= 4 is 22.6 Å². The van der Waals surface area contributed by atoms with Gasteiger partial charge in [0.2, 0.25) is 0 Å². The summed E-state index contributed by atoms with van der Waals surface area (Å²) >= 11 is 0. The van der Waals surface area contributed by atoms with Crippen LogP contribution in [0.5, 0.6) is 5.75 Å². The molecule has 1 N–H and O–H groups in total. The van der Waals surface area contributed by atoms with E-state index in [2.05, 4.69) is 29.8 Å². The summed E-state index contributed by atoms with van der Waals surface area (Å²) in [6.07, 6.45) is 0.920. The van der Waals surface area contributed by atoms with Gasteiger partial charge in [-0.15, -0.1) is 0 Å². The first-order chi connectivity index (χ1) is 14.6. The van der Waals surface area contributed by atoms with E-state index in [1.807, 2.05) is 49.4 Å². The van der Waals surface area contributed by atoms with E-state index in [1.165, 1.54) is 0 Å². The number of aromatic nitrogens is 1. The Morgan fingerprint density at radius 1 is 1.17 bits per heavy atom. The number of urea groups is 1. The number of benzene rings is 2. The highest BCUT2D eigenvalue weighted by Crippen LogP contribution is 2.35. The predicted molar refractivity (Wildman–Crippen MR) is 121 cm³/mol. The van der Waals surface area contributed by atoms with Gasteiger partial charge in [-0.2, -0.15) is 5.26 Å². The van der Waals surface area contributed by atoms with Gasteiger partial charge in [0, 0.05) is 36.8 Å². The summed E-state index contributed by atoms with van der Waals surface area (Å²) in [6.45, 7) is 8.21. The molecule has 2 aromatic carbocycles. The fourth-order valence-electron chi connectivity index (χ4n) is 3.79. The standard InChI is InChI=1S/C24H28N4O2/c1-5-14-27(6-2)24(29)26-18-10-8-17(9-11-18)23-21(16-25)20-13-12-19(30-4)15-22(20)28(23)7-3/h8-13,15H,5-7,14H2,1-4H3,(H,26,29). The average molecular weight is 405 g/mol. The highest BCUT2D eigenvalue weighted by molar-refractivity contribution is 5.96. The first kappa shape index (κ1) is 21.3. The molecule has 0 aliphatic rings. The maximum absolute atomic E-state index is 12.4. The molecule has 3 aromatic rings. The number of nitrogens with zero attached hydrogens (tertiary/aromatic N) is 3. The number of nitrogens with one attached hydrogen (secondary N) is 1. The molecule has 0 saturated heterocycles. The van der Waals surface area contributed by atoms with Crippen molar-refractivity contribution in [2.24, 2.45) is 0 Å². The Labute approximate surface area is 177 Å². The first-order valence-corrected chi connectivity index (χ1v) is 10.3. The van der Waals surface area contributed by atoms with Gasteiger partial charge >= 0.3 is 6.03 Å². The summed E-state index contributed by atoms with van der Waals surface area (Å²) in [7, 11) is 1.64. The lowest BCUT2D eigenvalue weighted by atomic mass is 10.1. The van der Waals surface area contributed by atoms with E-state index in [0.29, 0.717) is 12.1 Å². The molecule has 0 radical (unpaired) electrons. The lowest BCUT2D eigenvalue weighted by molar-refractivity contribution is 0.214. The van der Waals surface area contributed by atoms with Crippen molar-refractivity contribution < 1.29 is 9.53 Å². The minimum Gasteiger partial charge on any atom is -0.497 e. The van der Waals surface area contributed by atoms with Crippen LogP contribution in [0.3, 0.4) is 0 Å². The number of amides is 2. The molecule has 0 saturated carbocycles. The van der Waals surface area contributed by atoms with Crippen molar-refractivity contribution in [1.82, 2.24) is 9.47 Å². The van der Waals surface area contributed by atoms with Crippen LogP contribution in [0.2, 0.25) is 0 Å². The molecule has 1 aromatic heterocycles. The zero-order chi connectivity index (χ0) is 21.7. The minimum absolute atomic E-state index is 0.0976. The van der Waals surface area contributed by atoms with Crippen molar-refractivity contribution in [3.05, 3.63) is 48.0 Å². The van der Waals surface area contributed by atoms with Crippen molar-refractivity contribution in [2.75, 3.05) is 25.5 Å². The number of fused-ring (bicyclic) bond motifs is 1. The number of anilines is 1. The minimum atomic E-state index is -0.0976. The summed E-state index contributed by atoms with van der Waals surface area (Å²) in [5.74, 6) is 0.761. The maximum Gasteiger partial charge on any atom is 0.321 e. The Balaban J connectivity index is 1.98. The summed E-state index contributed by atoms with van der Waals surface area (Å²) in [6, 6.07) is 15.7. The number of hydrogen-bond acceptors (Lipinski definition) is 3. The molecular weight excluding hydrogens is 376 g/mol. The zero-order valence-corrected chi connectivity index (χ0v) is 18.0. The summed E-state index contributed by atoms with van der Waals surface area (Å²) < 4.78 is 7.50. The normalized spacial score (nSPS) is 10.6. The first-order valence-electron chi connectivity index (χ1n) is 10.3. The van der Waals surface area contributed by atoms with Crippen LogP contribution in [-0.4, -0.2) is 35.7 Å². The highest BCUT2D eigenvalue weighted by Gasteiger charge is 2.19. The van der Waals surface area contributed by atoms with Gasteiger partial charge in [-0.25, -0.2) is 4.79 Å². The Hall–Kier alpha value is -3.46. The van der Waals surface area contributed by atoms with E-state index < -0.39 is 0 Å². The third kappa shape index (κ3) is 3.97. The topological polar surface area (TPSA) is 70.3 Å². The number of carbonyl (C=O) groups excluding carboxylic acids is 1. The van der Waals surface area contributed by atoms with Gasteiger partial charge in [-0.3, -0.25) is 0 Å². The summed E-state index contributed by atoms with van der Waals surface area (Å²) in [5.41, 5.74) is 4.16. The molecular formula is C24H28N4O2. The molecule has 0 aliphatic heterocycles. The van der Waals surface area contributed by atoms with E-state index in [4.69, 9.17) is 4.74 Å². The fraction of sp³-hybridized carbons (Fsp3) is 0.333. The third-order valence-corrected chi connectivity index (χ3v) is 5.27. The number of aryl methyl sites for hydroxylation is 1. The largest absolute Gasteiger partial charge is 0.497 e. The van der Waals surface area contributed by atoms with Crippen molar-refractivity contribution in [2.45, 2.75) is 33.7 Å². The second-order valence-corrected chi connectivity index (χ2v) is 7.05. The van der Waals surface area contributed by atoms with E-state index in [9.17, 15) is 10.1 Å².